The lowest BCUT2D eigenvalue weighted by Gasteiger charge is -2.37. The molecule has 1 aromatic carbocycles. The normalized spacial score (nSPS) is 16.3. The molecule has 0 fully saturated rings. The van der Waals surface area contributed by atoms with Crippen molar-refractivity contribution in [3.05, 3.63) is 34.9 Å². The molecular formula is C16H27NO. The SMILES string of the molecule is CCOC(C)(CC)C(NC)c1ccc(C)cc1C. The summed E-state index contributed by atoms with van der Waals surface area (Å²) in [7, 11) is 2.01. The Bertz CT molecular complexity index is 389. The van der Waals surface area contributed by atoms with E-state index in [0.29, 0.717) is 0 Å². The molecule has 18 heavy (non-hydrogen) atoms. The zero-order chi connectivity index (χ0) is 13.8. The summed E-state index contributed by atoms with van der Waals surface area (Å²) in [6.07, 6.45) is 0.986. The van der Waals surface area contributed by atoms with Gasteiger partial charge in [0.1, 0.15) is 0 Å². The van der Waals surface area contributed by atoms with Crippen molar-refractivity contribution in [2.45, 2.75) is 52.7 Å². The Morgan fingerprint density at radius 1 is 1.28 bits per heavy atom. The van der Waals surface area contributed by atoms with E-state index in [4.69, 9.17) is 4.74 Å². The van der Waals surface area contributed by atoms with Crippen molar-refractivity contribution >= 4 is 0 Å². The van der Waals surface area contributed by atoms with Gasteiger partial charge in [0.05, 0.1) is 11.6 Å². The molecule has 2 unspecified atom stereocenters. The highest BCUT2D eigenvalue weighted by molar-refractivity contribution is 5.34. The highest BCUT2D eigenvalue weighted by Gasteiger charge is 2.34. The molecule has 0 aromatic heterocycles. The van der Waals surface area contributed by atoms with Gasteiger partial charge in [-0.2, -0.15) is 0 Å². The van der Waals surface area contributed by atoms with Crippen LogP contribution in [0.5, 0.6) is 0 Å². The first-order chi connectivity index (χ1) is 8.48. The van der Waals surface area contributed by atoms with Crippen LogP contribution in [0.4, 0.5) is 0 Å². The van der Waals surface area contributed by atoms with Crippen LogP contribution < -0.4 is 5.32 Å². The molecule has 2 heteroatoms. The Labute approximate surface area is 112 Å². The Morgan fingerprint density at radius 2 is 1.94 bits per heavy atom. The predicted molar refractivity (Wildman–Crippen MR) is 78.0 cm³/mol. The van der Waals surface area contributed by atoms with E-state index in [0.717, 1.165) is 13.0 Å². The molecule has 0 heterocycles. The lowest BCUT2D eigenvalue weighted by atomic mass is 9.85. The number of benzene rings is 1. The molecular weight excluding hydrogens is 222 g/mol. The summed E-state index contributed by atoms with van der Waals surface area (Å²) in [5, 5.41) is 3.43. The molecule has 0 saturated carbocycles. The van der Waals surface area contributed by atoms with Gasteiger partial charge in [-0.05, 0) is 52.3 Å². The smallest absolute Gasteiger partial charge is 0.0845 e. The van der Waals surface area contributed by atoms with Gasteiger partial charge >= 0.3 is 0 Å². The van der Waals surface area contributed by atoms with Crippen LogP contribution in [-0.2, 0) is 4.74 Å². The van der Waals surface area contributed by atoms with Crippen LogP contribution in [0.3, 0.4) is 0 Å². The molecule has 0 aliphatic rings. The van der Waals surface area contributed by atoms with Gasteiger partial charge in [-0.25, -0.2) is 0 Å². The Kier molecular flexibility index (Phi) is 5.36. The summed E-state index contributed by atoms with van der Waals surface area (Å²) in [6.45, 7) is 11.5. The summed E-state index contributed by atoms with van der Waals surface area (Å²) >= 11 is 0. The van der Waals surface area contributed by atoms with Gasteiger partial charge in [-0.3, -0.25) is 0 Å². The molecule has 0 saturated heterocycles. The fraction of sp³-hybridized carbons (Fsp3) is 0.625. The summed E-state index contributed by atoms with van der Waals surface area (Å²) in [5.74, 6) is 0. The maximum Gasteiger partial charge on any atom is 0.0845 e. The number of likely N-dealkylation sites (N-methyl/N-ethyl adjacent to an activating group) is 1. The molecule has 0 bridgehead atoms. The summed E-state index contributed by atoms with van der Waals surface area (Å²) in [5.41, 5.74) is 3.80. The summed E-state index contributed by atoms with van der Waals surface area (Å²) in [6, 6.07) is 6.86. The molecule has 2 nitrogen and oxygen atoms in total. The van der Waals surface area contributed by atoms with Crippen molar-refractivity contribution in [1.82, 2.24) is 5.32 Å². The van der Waals surface area contributed by atoms with Gasteiger partial charge in [0.15, 0.2) is 0 Å². The maximum absolute atomic E-state index is 6.01. The fourth-order valence-corrected chi connectivity index (χ4v) is 2.66. The second kappa shape index (κ2) is 6.35. The van der Waals surface area contributed by atoms with Gasteiger partial charge in [0.2, 0.25) is 0 Å². The quantitative estimate of drug-likeness (QED) is 0.828. The van der Waals surface area contributed by atoms with Crippen LogP contribution in [0.15, 0.2) is 18.2 Å². The Hall–Kier alpha value is -0.860. The topological polar surface area (TPSA) is 21.3 Å². The van der Waals surface area contributed by atoms with Crippen molar-refractivity contribution in [3.8, 4) is 0 Å². The van der Waals surface area contributed by atoms with Gasteiger partial charge in [-0.1, -0.05) is 30.7 Å². The van der Waals surface area contributed by atoms with Crippen LogP contribution in [0, 0.1) is 13.8 Å². The zero-order valence-corrected chi connectivity index (χ0v) is 12.6. The largest absolute Gasteiger partial charge is 0.374 e. The van der Waals surface area contributed by atoms with E-state index >= 15 is 0 Å². The van der Waals surface area contributed by atoms with E-state index in [2.05, 4.69) is 58.1 Å². The molecule has 0 amide bonds. The van der Waals surface area contributed by atoms with Crippen LogP contribution in [0.25, 0.3) is 0 Å². The van der Waals surface area contributed by atoms with Gasteiger partial charge in [-0.15, -0.1) is 0 Å². The van der Waals surface area contributed by atoms with E-state index < -0.39 is 0 Å². The number of hydrogen-bond acceptors (Lipinski definition) is 2. The van der Waals surface area contributed by atoms with Crippen molar-refractivity contribution in [2.24, 2.45) is 0 Å². The third-order valence-electron chi connectivity index (χ3n) is 3.81. The van der Waals surface area contributed by atoms with Gasteiger partial charge < -0.3 is 10.1 Å². The molecule has 102 valence electrons. The monoisotopic (exact) mass is 249 g/mol. The zero-order valence-electron chi connectivity index (χ0n) is 12.6. The molecule has 1 rings (SSSR count). The first kappa shape index (κ1) is 15.2. The van der Waals surface area contributed by atoms with Gasteiger partial charge in [0.25, 0.3) is 0 Å². The molecule has 0 aliphatic carbocycles. The molecule has 1 N–H and O–H groups in total. The molecule has 1 aromatic rings. The van der Waals surface area contributed by atoms with E-state index in [9.17, 15) is 0 Å². The Morgan fingerprint density at radius 3 is 2.39 bits per heavy atom. The van der Waals surface area contributed by atoms with Crippen molar-refractivity contribution < 1.29 is 4.74 Å². The molecule has 2 atom stereocenters. The van der Waals surface area contributed by atoms with E-state index in [1.54, 1.807) is 0 Å². The number of nitrogens with one attached hydrogen (secondary N) is 1. The number of rotatable bonds is 6. The predicted octanol–water partition coefficient (Wildman–Crippen LogP) is 3.77. The van der Waals surface area contributed by atoms with Crippen molar-refractivity contribution in [3.63, 3.8) is 0 Å². The highest BCUT2D eigenvalue weighted by atomic mass is 16.5. The van der Waals surface area contributed by atoms with Crippen LogP contribution in [-0.4, -0.2) is 19.3 Å². The lowest BCUT2D eigenvalue weighted by molar-refractivity contribution is -0.0548. The minimum absolute atomic E-state index is 0.163. The number of ether oxygens (including phenoxy) is 1. The summed E-state index contributed by atoms with van der Waals surface area (Å²) < 4.78 is 6.01. The number of aryl methyl sites for hydroxylation is 2. The van der Waals surface area contributed by atoms with Crippen LogP contribution in [0.2, 0.25) is 0 Å². The minimum atomic E-state index is -0.163. The standard InChI is InChI=1S/C16H27NO/c1-7-16(5,18-8-2)15(17-6)14-10-9-12(3)11-13(14)4/h9-11,15,17H,7-8H2,1-6H3. The lowest BCUT2D eigenvalue weighted by Crippen LogP contribution is -2.42. The van der Waals surface area contributed by atoms with Crippen LogP contribution in [0.1, 0.15) is 49.9 Å². The first-order valence-corrected chi connectivity index (χ1v) is 6.86. The van der Waals surface area contributed by atoms with E-state index in [1.807, 2.05) is 7.05 Å². The first-order valence-electron chi connectivity index (χ1n) is 6.86. The third-order valence-corrected chi connectivity index (χ3v) is 3.81. The summed E-state index contributed by atoms with van der Waals surface area (Å²) in [4.78, 5) is 0. The second-order valence-corrected chi connectivity index (χ2v) is 5.18. The highest BCUT2D eigenvalue weighted by Crippen LogP contribution is 2.33. The molecule has 0 aliphatic heterocycles. The average Bonchev–Trinajstić information content (AvgIpc) is 2.33. The molecule has 0 radical (unpaired) electrons. The van der Waals surface area contributed by atoms with Gasteiger partial charge in [0, 0.05) is 6.61 Å². The van der Waals surface area contributed by atoms with Crippen molar-refractivity contribution in [1.29, 1.82) is 0 Å². The minimum Gasteiger partial charge on any atom is -0.374 e. The Balaban J connectivity index is 3.15. The van der Waals surface area contributed by atoms with Crippen molar-refractivity contribution in [2.75, 3.05) is 13.7 Å². The van der Waals surface area contributed by atoms with E-state index in [1.165, 1.54) is 16.7 Å². The fourth-order valence-electron chi connectivity index (χ4n) is 2.66. The van der Waals surface area contributed by atoms with Crippen LogP contribution >= 0.6 is 0 Å². The second-order valence-electron chi connectivity index (χ2n) is 5.18. The number of hydrogen-bond donors (Lipinski definition) is 1. The molecule has 0 spiro atoms. The third kappa shape index (κ3) is 3.12. The maximum atomic E-state index is 6.01. The average molecular weight is 249 g/mol. The van der Waals surface area contributed by atoms with E-state index in [-0.39, 0.29) is 11.6 Å².